The maximum Gasteiger partial charge on any atom is 0.289 e. The molecule has 0 radical (unpaired) electrons. The fourth-order valence-electron chi connectivity index (χ4n) is 1.95. The third-order valence-electron chi connectivity index (χ3n) is 2.96. The van der Waals surface area contributed by atoms with E-state index in [9.17, 15) is 4.79 Å². The number of hydrogen-bond acceptors (Lipinski definition) is 3. The Kier molecular flexibility index (Phi) is 3.84. The van der Waals surface area contributed by atoms with E-state index < -0.39 is 0 Å². The third-order valence-corrected chi connectivity index (χ3v) is 2.96. The van der Waals surface area contributed by atoms with E-state index in [1.165, 1.54) is 6.26 Å². The Morgan fingerprint density at radius 3 is 2.76 bits per heavy atom. The molecule has 2 heterocycles. The standard InChI is InChI=1S/C13H16N2O2/c1-2-3-6-14-7-9-15(10-8-14)13(16)12-5-4-11-17-12/h1,4-5,11H,3,6-10H2. The SMILES string of the molecule is C#CCCN1CCN(C(=O)c2ccco2)CC1. The summed E-state index contributed by atoms with van der Waals surface area (Å²) < 4.78 is 5.11. The van der Waals surface area contributed by atoms with Gasteiger partial charge in [0.25, 0.3) is 5.91 Å². The number of carbonyl (C=O) groups is 1. The van der Waals surface area contributed by atoms with Crippen molar-refractivity contribution in [2.45, 2.75) is 6.42 Å². The van der Waals surface area contributed by atoms with Gasteiger partial charge in [-0.05, 0) is 12.1 Å². The second-order valence-corrected chi connectivity index (χ2v) is 4.07. The van der Waals surface area contributed by atoms with Crippen LogP contribution < -0.4 is 0 Å². The zero-order chi connectivity index (χ0) is 12.1. The minimum absolute atomic E-state index is 0.0217. The van der Waals surface area contributed by atoms with Crippen LogP contribution in [0, 0.1) is 12.3 Å². The second-order valence-electron chi connectivity index (χ2n) is 4.07. The number of rotatable bonds is 3. The van der Waals surface area contributed by atoms with Crippen molar-refractivity contribution >= 4 is 5.91 Å². The van der Waals surface area contributed by atoms with Gasteiger partial charge in [-0.15, -0.1) is 12.3 Å². The first kappa shape index (κ1) is 11.7. The van der Waals surface area contributed by atoms with Crippen LogP contribution in [0.15, 0.2) is 22.8 Å². The average molecular weight is 232 g/mol. The molecule has 1 fully saturated rings. The van der Waals surface area contributed by atoms with Gasteiger partial charge in [-0.3, -0.25) is 9.69 Å². The van der Waals surface area contributed by atoms with Crippen LogP contribution in [0.1, 0.15) is 17.0 Å². The number of amides is 1. The molecule has 1 aliphatic rings. The Morgan fingerprint density at radius 2 is 2.18 bits per heavy atom. The van der Waals surface area contributed by atoms with Gasteiger partial charge >= 0.3 is 0 Å². The monoisotopic (exact) mass is 232 g/mol. The number of hydrogen-bond donors (Lipinski definition) is 0. The smallest absolute Gasteiger partial charge is 0.289 e. The van der Waals surface area contributed by atoms with E-state index in [1.54, 1.807) is 12.1 Å². The van der Waals surface area contributed by atoms with Gasteiger partial charge < -0.3 is 9.32 Å². The molecule has 4 nitrogen and oxygen atoms in total. The van der Waals surface area contributed by atoms with Crippen LogP contribution in [0.5, 0.6) is 0 Å². The van der Waals surface area contributed by atoms with Crippen molar-refractivity contribution in [3.05, 3.63) is 24.2 Å². The minimum Gasteiger partial charge on any atom is -0.459 e. The summed E-state index contributed by atoms with van der Waals surface area (Å²) in [6.45, 7) is 4.16. The lowest BCUT2D eigenvalue weighted by Gasteiger charge is -2.33. The van der Waals surface area contributed by atoms with Gasteiger partial charge in [-0.1, -0.05) is 0 Å². The van der Waals surface area contributed by atoms with Crippen LogP contribution in [-0.2, 0) is 0 Å². The maximum atomic E-state index is 12.0. The topological polar surface area (TPSA) is 36.7 Å². The molecular weight excluding hydrogens is 216 g/mol. The van der Waals surface area contributed by atoms with E-state index in [4.69, 9.17) is 10.8 Å². The average Bonchev–Trinajstić information content (AvgIpc) is 2.90. The summed E-state index contributed by atoms with van der Waals surface area (Å²) in [5, 5.41) is 0. The first-order valence-electron chi connectivity index (χ1n) is 5.80. The van der Waals surface area contributed by atoms with Gasteiger partial charge in [0.15, 0.2) is 5.76 Å². The lowest BCUT2D eigenvalue weighted by molar-refractivity contribution is 0.0609. The fourth-order valence-corrected chi connectivity index (χ4v) is 1.95. The summed E-state index contributed by atoms with van der Waals surface area (Å²) in [4.78, 5) is 16.1. The number of nitrogens with zero attached hydrogens (tertiary/aromatic N) is 2. The Labute approximate surface area is 101 Å². The molecule has 1 aromatic rings. The fraction of sp³-hybridized carbons (Fsp3) is 0.462. The number of furan rings is 1. The molecule has 0 bridgehead atoms. The molecule has 2 rings (SSSR count). The zero-order valence-corrected chi connectivity index (χ0v) is 9.76. The van der Waals surface area contributed by atoms with Crippen LogP contribution >= 0.6 is 0 Å². The molecule has 0 N–H and O–H groups in total. The van der Waals surface area contributed by atoms with Gasteiger partial charge in [0.1, 0.15) is 0 Å². The second kappa shape index (κ2) is 5.55. The predicted molar refractivity (Wildman–Crippen MR) is 64.5 cm³/mol. The summed E-state index contributed by atoms with van der Waals surface area (Å²) >= 11 is 0. The first-order chi connectivity index (χ1) is 8.31. The summed E-state index contributed by atoms with van der Waals surface area (Å²) in [6.07, 6.45) is 7.53. The number of terminal acetylenes is 1. The largest absolute Gasteiger partial charge is 0.459 e. The third kappa shape index (κ3) is 2.89. The quantitative estimate of drug-likeness (QED) is 0.731. The normalized spacial score (nSPS) is 16.8. The first-order valence-corrected chi connectivity index (χ1v) is 5.80. The molecule has 1 amide bonds. The highest BCUT2D eigenvalue weighted by Crippen LogP contribution is 2.09. The number of carbonyl (C=O) groups excluding carboxylic acids is 1. The van der Waals surface area contributed by atoms with Crippen LogP contribution in [0.2, 0.25) is 0 Å². The summed E-state index contributed by atoms with van der Waals surface area (Å²) in [6, 6.07) is 3.43. The van der Waals surface area contributed by atoms with Crippen molar-refractivity contribution in [2.75, 3.05) is 32.7 Å². The van der Waals surface area contributed by atoms with Crippen molar-refractivity contribution in [1.29, 1.82) is 0 Å². The molecule has 0 aromatic carbocycles. The molecule has 90 valence electrons. The highest BCUT2D eigenvalue weighted by atomic mass is 16.3. The van der Waals surface area contributed by atoms with Crippen molar-refractivity contribution in [1.82, 2.24) is 9.80 Å². The van der Waals surface area contributed by atoms with Crippen molar-refractivity contribution in [2.24, 2.45) is 0 Å². The van der Waals surface area contributed by atoms with Gasteiger partial charge in [0.05, 0.1) is 6.26 Å². The van der Waals surface area contributed by atoms with E-state index in [0.717, 1.165) is 39.1 Å². The summed E-state index contributed by atoms with van der Waals surface area (Å²) in [5.74, 6) is 3.03. The lowest BCUT2D eigenvalue weighted by Crippen LogP contribution is -2.48. The molecule has 1 aliphatic heterocycles. The summed E-state index contributed by atoms with van der Waals surface area (Å²) in [7, 11) is 0. The molecule has 0 spiro atoms. The molecule has 1 saturated heterocycles. The van der Waals surface area contributed by atoms with Crippen molar-refractivity contribution in [3.8, 4) is 12.3 Å². The van der Waals surface area contributed by atoms with Crippen LogP contribution in [0.4, 0.5) is 0 Å². The molecule has 17 heavy (non-hydrogen) atoms. The van der Waals surface area contributed by atoms with Crippen LogP contribution in [0.3, 0.4) is 0 Å². The van der Waals surface area contributed by atoms with Crippen LogP contribution in [0.25, 0.3) is 0 Å². The molecule has 0 aliphatic carbocycles. The van der Waals surface area contributed by atoms with Gasteiger partial charge in [-0.25, -0.2) is 0 Å². The maximum absolute atomic E-state index is 12.0. The molecule has 0 unspecified atom stereocenters. The molecule has 0 saturated carbocycles. The highest BCUT2D eigenvalue weighted by molar-refractivity contribution is 5.91. The Bertz CT molecular complexity index is 398. The Morgan fingerprint density at radius 1 is 1.41 bits per heavy atom. The van der Waals surface area contributed by atoms with Crippen LogP contribution in [-0.4, -0.2) is 48.4 Å². The Hall–Kier alpha value is -1.73. The minimum atomic E-state index is -0.0217. The molecule has 0 atom stereocenters. The Balaban J connectivity index is 1.83. The number of piperazine rings is 1. The molecule has 1 aromatic heterocycles. The van der Waals surface area contributed by atoms with Crippen molar-refractivity contribution in [3.63, 3.8) is 0 Å². The van der Waals surface area contributed by atoms with E-state index in [1.807, 2.05) is 4.90 Å². The highest BCUT2D eigenvalue weighted by Gasteiger charge is 2.22. The van der Waals surface area contributed by atoms with Gasteiger partial charge in [0.2, 0.25) is 0 Å². The van der Waals surface area contributed by atoms with E-state index >= 15 is 0 Å². The van der Waals surface area contributed by atoms with E-state index in [2.05, 4.69) is 10.8 Å². The predicted octanol–water partition coefficient (Wildman–Crippen LogP) is 1.06. The van der Waals surface area contributed by atoms with Crippen molar-refractivity contribution < 1.29 is 9.21 Å². The molecular formula is C13H16N2O2. The lowest BCUT2D eigenvalue weighted by atomic mass is 10.2. The summed E-state index contributed by atoms with van der Waals surface area (Å²) in [5.41, 5.74) is 0. The zero-order valence-electron chi connectivity index (χ0n) is 9.76. The van der Waals surface area contributed by atoms with Gasteiger partial charge in [0, 0.05) is 39.1 Å². The molecule has 4 heteroatoms. The van der Waals surface area contributed by atoms with E-state index in [-0.39, 0.29) is 5.91 Å². The van der Waals surface area contributed by atoms with Gasteiger partial charge in [-0.2, -0.15) is 0 Å². The van der Waals surface area contributed by atoms with E-state index in [0.29, 0.717) is 5.76 Å².